The number of carbonyl (C=O) groups is 1. The molecule has 4 nitrogen and oxygen atoms in total. The van der Waals surface area contributed by atoms with Gasteiger partial charge in [-0.05, 0) is 18.2 Å². The molecule has 2 atom stereocenters. The average Bonchev–Trinajstić information content (AvgIpc) is 2.28. The van der Waals surface area contributed by atoms with Crippen LogP contribution in [0.2, 0.25) is 0 Å². The maximum atomic E-state index is 13.3. The van der Waals surface area contributed by atoms with Gasteiger partial charge in [-0.3, -0.25) is 4.79 Å². The first-order chi connectivity index (χ1) is 7.91. The fraction of sp³-hybridized carbons (Fsp3) is 0.364. The smallest absolute Gasteiger partial charge is 0.185 e. The van der Waals surface area contributed by atoms with Crippen molar-refractivity contribution >= 4 is 16.9 Å². The van der Waals surface area contributed by atoms with Gasteiger partial charge in [0.15, 0.2) is 5.12 Å². The maximum Gasteiger partial charge on any atom is 0.185 e. The van der Waals surface area contributed by atoms with Crippen molar-refractivity contribution in [3.05, 3.63) is 29.6 Å². The Morgan fingerprint density at radius 3 is 2.71 bits per heavy atom. The van der Waals surface area contributed by atoms with Gasteiger partial charge in [0.1, 0.15) is 17.7 Å². The number of aliphatic hydroxyl groups is 2. The number of phenols is 1. The standard InChI is InChI=1S/C11H13FO4S/c1-6(13)17-5-10(15)11(16)8-4-7(14)2-3-9(8)12/h2-4,10-11,14-16H,5H2,1H3. The summed E-state index contributed by atoms with van der Waals surface area (Å²) in [5.41, 5.74) is -0.193. The van der Waals surface area contributed by atoms with Crippen LogP contribution in [0.3, 0.4) is 0 Å². The maximum absolute atomic E-state index is 13.3. The fourth-order valence-electron chi connectivity index (χ4n) is 1.26. The number of rotatable bonds is 4. The zero-order valence-corrected chi connectivity index (χ0v) is 9.95. The van der Waals surface area contributed by atoms with Crippen LogP contribution in [-0.2, 0) is 4.79 Å². The predicted octanol–water partition coefficient (Wildman–Crippen LogP) is 1.21. The van der Waals surface area contributed by atoms with Crippen molar-refractivity contribution < 1.29 is 24.5 Å². The van der Waals surface area contributed by atoms with Crippen LogP contribution >= 0.6 is 11.8 Å². The minimum Gasteiger partial charge on any atom is -0.508 e. The van der Waals surface area contributed by atoms with Gasteiger partial charge >= 0.3 is 0 Å². The lowest BCUT2D eigenvalue weighted by atomic mass is 10.0. The van der Waals surface area contributed by atoms with E-state index >= 15 is 0 Å². The Bertz CT molecular complexity index is 410. The van der Waals surface area contributed by atoms with Gasteiger partial charge in [0.25, 0.3) is 0 Å². The Balaban J connectivity index is 2.77. The molecule has 1 aromatic rings. The Labute approximate surface area is 102 Å². The summed E-state index contributed by atoms with van der Waals surface area (Å²) in [6.07, 6.45) is -2.76. The number of carbonyl (C=O) groups excluding carboxylic acids is 1. The topological polar surface area (TPSA) is 77.8 Å². The summed E-state index contributed by atoms with van der Waals surface area (Å²) in [7, 11) is 0. The van der Waals surface area contributed by atoms with Crippen molar-refractivity contribution in [1.82, 2.24) is 0 Å². The van der Waals surface area contributed by atoms with E-state index in [0.717, 1.165) is 30.0 Å². The molecule has 3 N–H and O–H groups in total. The van der Waals surface area contributed by atoms with E-state index in [0.29, 0.717) is 0 Å². The van der Waals surface area contributed by atoms with Crippen molar-refractivity contribution in [2.75, 3.05) is 5.75 Å². The molecule has 0 aliphatic heterocycles. The molecule has 0 aliphatic rings. The number of halogens is 1. The summed E-state index contributed by atoms with van der Waals surface area (Å²) in [5.74, 6) is -0.958. The van der Waals surface area contributed by atoms with E-state index in [-0.39, 0.29) is 22.2 Å². The third kappa shape index (κ3) is 3.99. The molecule has 17 heavy (non-hydrogen) atoms. The fourth-order valence-corrected chi connectivity index (χ4v) is 1.85. The molecule has 1 rings (SSSR count). The van der Waals surface area contributed by atoms with Crippen molar-refractivity contribution in [3.8, 4) is 5.75 Å². The van der Waals surface area contributed by atoms with E-state index in [1.807, 2.05) is 0 Å². The molecule has 0 bridgehead atoms. The number of hydrogen-bond acceptors (Lipinski definition) is 5. The highest BCUT2D eigenvalue weighted by Crippen LogP contribution is 2.25. The molecule has 0 radical (unpaired) electrons. The molecule has 6 heteroatoms. The van der Waals surface area contributed by atoms with Crippen molar-refractivity contribution in [3.63, 3.8) is 0 Å². The Kier molecular flexibility index (Phi) is 4.92. The number of hydrogen-bond donors (Lipinski definition) is 3. The van der Waals surface area contributed by atoms with E-state index in [9.17, 15) is 19.4 Å². The molecule has 0 aromatic heterocycles. The van der Waals surface area contributed by atoms with Gasteiger partial charge in [-0.15, -0.1) is 0 Å². The largest absolute Gasteiger partial charge is 0.508 e. The lowest BCUT2D eigenvalue weighted by Gasteiger charge is -2.18. The molecular weight excluding hydrogens is 247 g/mol. The van der Waals surface area contributed by atoms with Crippen LogP contribution in [0.15, 0.2) is 18.2 Å². The quantitative estimate of drug-likeness (QED) is 0.758. The predicted molar refractivity (Wildman–Crippen MR) is 62.2 cm³/mol. The number of phenolic OH excluding ortho intramolecular Hbond substituents is 1. The SMILES string of the molecule is CC(=O)SCC(O)C(O)c1cc(O)ccc1F. The van der Waals surface area contributed by atoms with E-state index in [2.05, 4.69) is 0 Å². The molecule has 0 amide bonds. The third-order valence-electron chi connectivity index (χ3n) is 2.12. The van der Waals surface area contributed by atoms with Crippen molar-refractivity contribution in [2.24, 2.45) is 0 Å². The molecule has 0 saturated heterocycles. The number of aromatic hydroxyl groups is 1. The summed E-state index contributed by atoms with van der Waals surface area (Å²) in [6.45, 7) is 1.33. The van der Waals surface area contributed by atoms with Crippen LogP contribution < -0.4 is 0 Å². The van der Waals surface area contributed by atoms with Crippen LogP contribution in [0.4, 0.5) is 4.39 Å². The molecule has 0 fully saturated rings. The van der Waals surface area contributed by atoms with Gasteiger partial charge in [-0.1, -0.05) is 11.8 Å². The monoisotopic (exact) mass is 260 g/mol. The van der Waals surface area contributed by atoms with Crippen LogP contribution in [-0.4, -0.2) is 32.3 Å². The van der Waals surface area contributed by atoms with Gasteiger partial charge in [0, 0.05) is 18.2 Å². The molecule has 0 aliphatic carbocycles. The highest BCUT2D eigenvalue weighted by atomic mass is 32.2. The molecule has 1 aromatic carbocycles. The number of benzene rings is 1. The Morgan fingerprint density at radius 2 is 2.12 bits per heavy atom. The molecule has 0 heterocycles. The molecule has 0 saturated carbocycles. The lowest BCUT2D eigenvalue weighted by molar-refractivity contribution is -0.109. The second kappa shape index (κ2) is 6.00. The summed E-state index contributed by atoms with van der Waals surface area (Å²) in [4.78, 5) is 10.7. The zero-order chi connectivity index (χ0) is 13.0. The molecular formula is C11H13FO4S. The van der Waals surface area contributed by atoms with E-state index in [4.69, 9.17) is 5.11 Å². The first-order valence-corrected chi connectivity index (χ1v) is 5.88. The van der Waals surface area contributed by atoms with Crippen LogP contribution in [0, 0.1) is 5.82 Å². The van der Waals surface area contributed by atoms with Gasteiger partial charge in [0.05, 0.1) is 6.10 Å². The summed E-state index contributed by atoms with van der Waals surface area (Å²) >= 11 is 0.839. The zero-order valence-electron chi connectivity index (χ0n) is 9.13. The molecule has 2 unspecified atom stereocenters. The summed E-state index contributed by atoms with van der Waals surface area (Å²) in [5, 5.41) is 28.2. The minimum absolute atomic E-state index is 0.0361. The highest BCUT2D eigenvalue weighted by Gasteiger charge is 2.22. The second-order valence-electron chi connectivity index (χ2n) is 3.52. The van der Waals surface area contributed by atoms with E-state index < -0.39 is 18.0 Å². The molecule has 94 valence electrons. The first-order valence-electron chi connectivity index (χ1n) is 4.89. The second-order valence-corrected chi connectivity index (χ2v) is 4.72. The van der Waals surface area contributed by atoms with Gasteiger partial charge in [0.2, 0.25) is 0 Å². The number of thioether (sulfide) groups is 1. The highest BCUT2D eigenvalue weighted by molar-refractivity contribution is 8.13. The van der Waals surface area contributed by atoms with Gasteiger partial charge in [-0.2, -0.15) is 0 Å². The lowest BCUT2D eigenvalue weighted by Crippen LogP contribution is -2.22. The number of aliphatic hydroxyl groups excluding tert-OH is 2. The third-order valence-corrected chi connectivity index (χ3v) is 3.03. The normalized spacial score (nSPS) is 14.4. The van der Waals surface area contributed by atoms with Crippen molar-refractivity contribution in [1.29, 1.82) is 0 Å². The minimum atomic E-state index is -1.48. The summed E-state index contributed by atoms with van der Waals surface area (Å²) in [6, 6.07) is 3.18. The molecule has 0 spiro atoms. The van der Waals surface area contributed by atoms with E-state index in [1.165, 1.54) is 6.92 Å². The van der Waals surface area contributed by atoms with Crippen LogP contribution in [0.5, 0.6) is 5.75 Å². The van der Waals surface area contributed by atoms with Crippen molar-refractivity contribution in [2.45, 2.75) is 19.1 Å². The Morgan fingerprint density at radius 1 is 1.47 bits per heavy atom. The van der Waals surface area contributed by atoms with Gasteiger partial charge < -0.3 is 15.3 Å². The Hall–Kier alpha value is -1.11. The van der Waals surface area contributed by atoms with Crippen LogP contribution in [0.25, 0.3) is 0 Å². The first kappa shape index (κ1) is 14.0. The summed E-state index contributed by atoms with van der Waals surface area (Å²) < 4.78 is 13.3. The average molecular weight is 260 g/mol. The van der Waals surface area contributed by atoms with Crippen LogP contribution in [0.1, 0.15) is 18.6 Å². The van der Waals surface area contributed by atoms with E-state index in [1.54, 1.807) is 0 Å². The van der Waals surface area contributed by atoms with Gasteiger partial charge in [-0.25, -0.2) is 4.39 Å².